The zero-order valence-corrected chi connectivity index (χ0v) is 12.0. The molecule has 0 aromatic heterocycles. The van der Waals surface area contributed by atoms with Crippen LogP contribution in [-0.2, 0) is 0 Å². The molecule has 2 atom stereocenters. The highest BCUT2D eigenvalue weighted by Crippen LogP contribution is 2.22. The van der Waals surface area contributed by atoms with Crippen molar-refractivity contribution in [2.24, 2.45) is 11.7 Å². The molecule has 1 aliphatic rings. The van der Waals surface area contributed by atoms with Gasteiger partial charge in [0.25, 0.3) is 0 Å². The van der Waals surface area contributed by atoms with Crippen molar-refractivity contribution in [2.75, 3.05) is 23.4 Å². The van der Waals surface area contributed by atoms with Gasteiger partial charge >= 0.3 is 6.03 Å². The Bertz CT molecular complexity index is 430. The highest BCUT2D eigenvalue weighted by Gasteiger charge is 2.16. The Morgan fingerprint density at radius 2 is 2.42 bits per heavy atom. The fraction of sp³-hybridized carbons (Fsp3) is 0.500. The molecular weight excluding hydrogens is 258 g/mol. The molecule has 0 saturated carbocycles. The Morgan fingerprint density at radius 1 is 1.58 bits per heavy atom. The van der Waals surface area contributed by atoms with E-state index < -0.39 is 0 Å². The second-order valence-electron chi connectivity index (χ2n) is 4.98. The molecular formula is C14H21N3OS. The second-order valence-corrected chi connectivity index (χ2v) is 6.13. The van der Waals surface area contributed by atoms with Gasteiger partial charge in [-0.3, -0.25) is 0 Å². The predicted octanol–water partition coefficient (Wildman–Crippen LogP) is 2.58. The summed E-state index contributed by atoms with van der Waals surface area (Å²) in [4.78, 5) is 11.8. The molecule has 1 aromatic carbocycles. The lowest BCUT2D eigenvalue weighted by Gasteiger charge is -2.12. The van der Waals surface area contributed by atoms with E-state index in [4.69, 9.17) is 5.73 Å². The molecule has 1 aromatic rings. The van der Waals surface area contributed by atoms with Crippen molar-refractivity contribution in [1.29, 1.82) is 0 Å². The van der Waals surface area contributed by atoms with E-state index in [1.807, 2.05) is 43.0 Å². The van der Waals surface area contributed by atoms with E-state index in [1.165, 1.54) is 12.2 Å². The maximum atomic E-state index is 11.8. The number of carbonyl (C=O) groups excluding carboxylic acids is 1. The van der Waals surface area contributed by atoms with Crippen molar-refractivity contribution >= 4 is 23.5 Å². The van der Waals surface area contributed by atoms with Crippen LogP contribution in [0.1, 0.15) is 24.9 Å². The van der Waals surface area contributed by atoms with Gasteiger partial charge in [-0.05, 0) is 48.5 Å². The van der Waals surface area contributed by atoms with E-state index in [0.29, 0.717) is 5.92 Å². The lowest BCUT2D eigenvalue weighted by Crippen LogP contribution is -2.33. The van der Waals surface area contributed by atoms with Crippen molar-refractivity contribution in [3.8, 4) is 0 Å². The van der Waals surface area contributed by atoms with Crippen LogP contribution < -0.4 is 16.4 Å². The van der Waals surface area contributed by atoms with Crippen LogP contribution in [0.5, 0.6) is 0 Å². The number of thioether (sulfide) groups is 1. The van der Waals surface area contributed by atoms with Crippen LogP contribution in [0, 0.1) is 5.92 Å². The van der Waals surface area contributed by atoms with Gasteiger partial charge in [0, 0.05) is 18.3 Å². The Labute approximate surface area is 118 Å². The van der Waals surface area contributed by atoms with E-state index in [9.17, 15) is 4.79 Å². The van der Waals surface area contributed by atoms with Crippen LogP contribution in [0.25, 0.3) is 0 Å². The summed E-state index contributed by atoms with van der Waals surface area (Å²) >= 11 is 1.96. The number of amides is 2. The molecule has 0 radical (unpaired) electrons. The second kappa shape index (κ2) is 6.82. The van der Waals surface area contributed by atoms with Gasteiger partial charge in [-0.15, -0.1) is 0 Å². The number of carbonyl (C=O) groups is 1. The van der Waals surface area contributed by atoms with Crippen molar-refractivity contribution in [3.05, 3.63) is 29.8 Å². The summed E-state index contributed by atoms with van der Waals surface area (Å²) in [5.41, 5.74) is 7.63. The molecule has 2 unspecified atom stereocenters. The molecule has 4 nitrogen and oxygen atoms in total. The maximum Gasteiger partial charge on any atom is 0.319 e. The predicted molar refractivity (Wildman–Crippen MR) is 81.5 cm³/mol. The molecule has 1 aliphatic heterocycles. The first-order valence-corrected chi connectivity index (χ1v) is 7.79. The minimum Gasteiger partial charge on any atom is -0.338 e. The number of benzene rings is 1. The molecule has 2 amide bonds. The summed E-state index contributed by atoms with van der Waals surface area (Å²) in [6.07, 6.45) is 1.20. The average molecular weight is 279 g/mol. The first kappa shape index (κ1) is 14.2. The van der Waals surface area contributed by atoms with Crippen LogP contribution in [-0.4, -0.2) is 24.1 Å². The third-order valence-electron chi connectivity index (χ3n) is 3.25. The highest BCUT2D eigenvalue weighted by atomic mass is 32.2. The van der Waals surface area contributed by atoms with Crippen LogP contribution in [0.15, 0.2) is 24.3 Å². The third-order valence-corrected chi connectivity index (χ3v) is 4.48. The smallest absolute Gasteiger partial charge is 0.319 e. The Kier molecular flexibility index (Phi) is 5.10. The van der Waals surface area contributed by atoms with E-state index in [-0.39, 0.29) is 12.1 Å². The first-order valence-electron chi connectivity index (χ1n) is 6.63. The van der Waals surface area contributed by atoms with E-state index in [1.54, 1.807) is 0 Å². The summed E-state index contributed by atoms with van der Waals surface area (Å²) in [6, 6.07) is 7.48. The summed E-state index contributed by atoms with van der Waals surface area (Å²) in [6.45, 7) is 2.68. The number of urea groups is 1. The Balaban J connectivity index is 1.82. The molecule has 4 N–H and O–H groups in total. The molecule has 2 rings (SSSR count). The molecule has 1 heterocycles. The lowest BCUT2D eigenvalue weighted by molar-refractivity contribution is 0.250. The van der Waals surface area contributed by atoms with Gasteiger partial charge in [0.1, 0.15) is 0 Å². The van der Waals surface area contributed by atoms with Crippen molar-refractivity contribution in [1.82, 2.24) is 5.32 Å². The average Bonchev–Trinajstić information content (AvgIpc) is 2.90. The molecule has 0 bridgehead atoms. The summed E-state index contributed by atoms with van der Waals surface area (Å²) in [7, 11) is 0. The molecule has 5 heteroatoms. The van der Waals surface area contributed by atoms with E-state index >= 15 is 0 Å². The van der Waals surface area contributed by atoms with Gasteiger partial charge in [-0.1, -0.05) is 12.1 Å². The normalized spacial score (nSPS) is 20.0. The standard InChI is InChI=1S/C14H21N3OS/c1-10(15)12-3-2-4-13(7-12)17-14(18)16-8-11-5-6-19-9-11/h2-4,7,10-11H,5-6,8-9,15H2,1H3,(H2,16,17,18). The molecule has 0 aliphatic carbocycles. The number of anilines is 1. The molecule has 0 spiro atoms. The zero-order valence-electron chi connectivity index (χ0n) is 11.2. The SMILES string of the molecule is CC(N)c1cccc(NC(=O)NCC2CCSC2)c1. The van der Waals surface area contributed by atoms with Gasteiger partial charge in [0.05, 0.1) is 0 Å². The number of hydrogen-bond acceptors (Lipinski definition) is 3. The largest absolute Gasteiger partial charge is 0.338 e. The zero-order chi connectivity index (χ0) is 13.7. The van der Waals surface area contributed by atoms with Crippen molar-refractivity contribution in [2.45, 2.75) is 19.4 Å². The third kappa shape index (κ3) is 4.44. The topological polar surface area (TPSA) is 67.1 Å². The number of nitrogens with two attached hydrogens (primary N) is 1. The lowest BCUT2D eigenvalue weighted by atomic mass is 10.1. The summed E-state index contributed by atoms with van der Waals surface area (Å²) < 4.78 is 0. The molecule has 1 saturated heterocycles. The Hall–Kier alpha value is -1.20. The molecule has 104 valence electrons. The van der Waals surface area contributed by atoms with Gasteiger partial charge in [0.15, 0.2) is 0 Å². The molecule has 19 heavy (non-hydrogen) atoms. The number of rotatable bonds is 4. The first-order chi connectivity index (χ1) is 9.15. The van der Waals surface area contributed by atoms with Crippen molar-refractivity contribution in [3.63, 3.8) is 0 Å². The monoisotopic (exact) mass is 279 g/mol. The maximum absolute atomic E-state index is 11.8. The molecule has 1 fully saturated rings. The minimum absolute atomic E-state index is 0.0275. The van der Waals surface area contributed by atoms with Crippen LogP contribution >= 0.6 is 11.8 Å². The Morgan fingerprint density at radius 3 is 3.11 bits per heavy atom. The van der Waals surface area contributed by atoms with Crippen molar-refractivity contribution < 1.29 is 4.79 Å². The minimum atomic E-state index is -0.140. The number of hydrogen-bond donors (Lipinski definition) is 3. The number of nitrogens with one attached hydrogen (secondary N) is 2. The van der Waals surface area contributed by atoms with Gasteiger partial charge in [0.2, 0.25) is 0 Å². The summed E-state index contributed by atoms with van der Waals surface area (Å²) in [5.74, 6) is 2.98. The fourth-order valence-electron chi connectivity index (χ4n) is 2.06. The van der Waals surface area contributed by atoms with Gasteiger partial charge < -0.3 is 16.4 Å². The highest BCUT2D eigenvalue weighted by molar-refractivity contribution is 7.99. The van der Waals surface area contributed by atoms with Gasteiger partial charge in [-0.2, -0.15) is 11.8 Å². The van der Waals surface area contributed by atoms with Gasteiger partial charge in [-0.25, -0.2) is 4.79 Å². The fourth-order valence-corrected chi connectivity index (χ4v) is 3.34. The van der Waals surface area contributed by atoms with Crippen LogP contribution in [0.4, 0.5) is 10.5 Å². The summed E-state index contributed by atoms with van der Waals surface area (Å²) in [5, 5.41) is 5.78. The van der Waals surface area contributed by atoms with E-state index in [2.05, 4.69) is 10.6 Å². The van der Waals surface area contributed by atoms with E-state index in [0.717, 1.165) is 23.5 Å². The van der Waals surface area contributed by atoms with Crippen LogP contribution in [0.3, 0.4) is 0 Å². The quantitative estimate of drug-likeness (QED) is 0.793. The van der Waals surface area contributed by atoms with Crippen LogP contribution in [0.2, 0.25) is 0 Å².